The summed E-state index contributed by atoms with van der Waals surface area (Å²) in [5.74, 6) is 0. The lowest BCUT2D eigenvalue weighted by molar-refractivity contribution is 0.244. The molecular weight excluding hydrogens is 358 g/mol. The summed E-state index contributed by atoms with van der Waals surface area (Å²) in [5.41, 5.74) is 6.70. The molecule has 0 saturated heterocycles. The normalized spacial score (nSPS) is 12.9. The Balaban J connectivity index is 0. The number of rotatable bonds is 17. The van der Waals surface area contributed by atoms with Crippen LogP contribution in [0.15, 0.2) is 0 Å². The van der Waals surface area contributed by atoms with Crippen molar-refractivity contribution in [3.63, 3.8) is 0 Å². The first-order valence-corrected chi connectivity index (χ1v) is 10.8. The Morgan fingerprint density at radius 3 is 1.38 bits per heavy atom. The van der Waals surface area contributed by atoms with Crippen molar-refractivity contribution in [1.82, 2.24) is 0 Å². The van der Waals surface area contributed by atoms with E-state index in [1.165, 1.54) is 103 Å². The average molecular weight is 407 g/mol. The van der Waals surface area contributed by atoms with E-state index >= 15 is 0 Å². The monoisotopic (exact) mass is 405 g/mol. The zero-order valence-corrected chi connectivity index (χ0v) is 19.1. The van der Waals surface area contributed by atoms with E-state index < -0.39 is 0 Å². The molecule has 2 heteroatoms. The molecule has 1 atom stereocenters. The second kappa shape index (κ2) is 18.2. The van der Waals surface area contributed by atoms with Gasteiger partial charge < -0.3 is 5.73 Å². The molecule has 0 aliphatic rings. The van der Waals surface area contributed by atoms with Gasteiger partial charge in [-0.05, 0) is 18.3 Å². The smallest absolute Gasteiger partial charge is 0.00902 e. The third kappa shape index (κ3) is 15.9. The van der Waals surface area contributed by atoms with Crippen LogP contribution in [0.3, 0.4) is 0 Å². The van der Waals surface area contributed by atoms with E-state index in [4.69, 9.17) is 5.73 Å². The van der Waals surface area contributed by atoms with Gasteiger partial charge in [-0.25, -0.2) is 0 Å². The lowest BCUT2D eigenvalue weighted by atomic mass is 9.78. The SMILES string of the molecule is Br.CCCCCCCCCCCCCCCC(N)C(C)(C)CCC. The van der Waals surface area contributed by atoms with Crippen molar-refractivity contribution in [1.29, 1.82) is 0 Å². The van der Waals surface area contributed by atoms with Gasteiger partial charge in [-0.1, -0.05) is 118 Å². The molecule has 0 bridgehead atoms. The van der Waals surface area contributed by atoms with E-state index in [2.05, 4.69) is 27.7 Å². The molecule has 0 aliphatic heterocycles. The van der Waals surface area contributed by atoms with Gasteiger partial charge in [0.05, 0.1) is 0 Å². The standard InChI is InChI=1S/C22H47N.BrH/c1-5-7-8-9-10-11-12-13-14-15-16-17-18-19-21(23)22(3,4)20-6-2;/h21H,5-20,23H2,1-4H3;1H. The molecule has 148 valence electrons. The number of nitrogens with two attached hydrogens (primary N) is 1. The summed E-state index contributed by atoms with van der Waals surface area (Å²) in [6, 6.07) is 0.384. The fourth-order valence-electron chi connectivity index (χ4n) is 3.60. The molecule has 0 aromatic heterocycles. The third-order valence-electron chi connectivity index (χ3n) is 5.52. The molecule has 0 radical (unpaired) electrons. The van der Waals surface area contributed by atoms with Gasteiger partial charge in [-0.3, -0.25) is 0 Å². The lowest BCUT2D eigenvalue weighted by Crippen LogP contribution is -2.37. The minimum atomic E-state index is 0. The van der Waals surface area contributed by atoms with Crippen molar-refractivity contribution < 1.29 is 0 Å². The highest BCUT2D eigenvalue weighted by atomic mass is 79.9. The molecule has 0 amide bonds. The van der Waals surface area contributed by atoms with Crippen LogP contribution in [0.4, 0.5) is 0 Å². The van der Waals surface area contributed by atoms with Gasteiger partial charge in [0.1, 0.15) is 0 Å². The van der Waals surface area contributed by atoms with E-state index in [1.807, 2.05) is 0 Å². The Labute approximate surface area is 164 Å². The molecule has 1 nitrogen and oxygen atoms in total. The molecule has 0 aromatic rings. The van der Waals surface area contributed by atoms with Gasteiger partial charge in [0.2, 0.25) is 0 Å². The van der Waals surface area contributed by atoms with Crippen molar-refractivity contribution in [2.24, 2.45) is 11.1 Å². The first-order valence-electron chi connectivity index (χ1n) is 10.8. The lowest BCUT2D eigenvalue weighted by Gasteiger charge is -2.31. The minimum absolute atomic E-state index is 0. The highest BCUT2D eigenvalue weighted by molar-refractivity contribution is 8.93. The first kappa shape index (κ1) is 26.7. The maximum absolute atomic E-state index is 6.38. The Bertz CT molecular complexity index is 240. The largest absolute Gasteiger partial charge is 0.327 e. The topological polar surface area (TPSA) is 26.0 Å². The van der Waals surface area contributed by atoms with Crippen molar-refractivity contribution in [3.8, 4) is 0 Å². The van der Waals surface area contributed by atoms with E-state index in [0.717, 1.165) is 0 Å². The minimum Gasteiger partial charge on any atom is -0.327 e. The predicted octanol–water partition coefficient (Wildman–Crippen LogP) is 8.20. The average Bonchev–Trinajstić information content (AvgIpc) is 2.51. The molecule has 0 spiro atoms. The van der Waals surface area contributed by atoms with Crippen molar-refractivity contribution in [2.45, 2.75) is 136 Å². The fourth-order valence-corrected chi connectivity index (χ4v) is 3.60. The van der Waals surface area contributed by atoms with E-state index in [1.54, 1.807) is 0 Å². The van der Waals surface area contributed by atoms with Crippen molar-refractivity contribution in [3.05, 3.63) is 0 Å². The first-order chi connectivity index (χ1) is 11.0. The molecule has 2 N–H and O–H groups in total. The van der Waals surface area contributed by atoms with E-state index in [-0.39, 0.29) is 17.0 Å². The van der Waals surface area contributed by atoms with Gasteiger partial charge in [0.25, 0.3) is 0 Å². The summed E-state index contributed by atoms with van der Waals surface area (Å²) in [6.45, 7) is 9.23. The van der Waals surface area contributed by atoms with E-state index in [9.17, 15) is 0 Å². The Morgan fingerprint density at radius 2 is 1.00 bits per heavy atom. The van der Waals surface area contributed by atoms with Gasteiger partial charge >= 0.3 is 0 Å². The Morgan fingerprint density at radius 1 is 0.625 bits per heavy atom. The number of unbranched alkanes of at least 4 members (excludes halogenated alkanes) is 12. The maximum Gasteiger partial charge on any atom is 0.00902 e. The Kier molecular flexibility index (Phi) is 20.3. The second-order valence-corrected chi connectivity index (χ2v) is 8.38. The summed E-state index contributed by atoms with van der Waals surface area (Å²) < 4.78 is 0. The quantitative estimate of drug-likeness (QED) is 0.242. The van der Waals surface area contributed by atoms with Crippen LogP contribution in [-0.2, 0) is 0 Å². The van der Waals surface area contributed by atoms with Gasteiger partial charge in [0.15, 0.2) is 0 Å². The number of halogens is 1. The summed E-state index contributed by atoms with van der Waals surface area (Å²) in [6.07, 6.45) is 22.3. The van der Waals surface area contributed by atoms with Gasteiger partial charge in [-0.15, -0.1) is 17.0 Å². The van der Waals surface area contributed by atoms with Crippen LogP contribution >= 0.6 is 17.0 Å². The van der Waals surface area contributed by atoms with Crippen LogP contribution in [0.1, 0.15) is 130 Å². The zero-order valence-electron chi connectivity index (χ0n) is 17.4. The number of hydrogen-bond acceptors (Lipinski definition) is 1. The van der Waals surface area contributed by atoms with Gasteiger partial charge in [-0.2, -0.15) is 0 Å². The molecule has 0 saturated carbocycles. The third-order valence-corrected chi connectivity index (χ3v) is 5.52. The van der Waals surface area contributed by atoms with E-state index in [0.29, 0.717) is 11.5 Å². The Hall–Kier alpha value is 0.440. The molecule has 0 fully saturated rings. The van der Waals surface area contributed by atoms with Crippen LogP contribution < -0.4 is 5.73 Å². The molecular formula is C22H48BrN. The van der Waals surface area contributed by atoms with Crippen molar-refractivity contribution >= 4 is 17.0 Å². The summed E-state index contributed by atoms with van der Waals surface area (Å²) in [4.78, 5) is 0. The van der Waals surface area contributed by atoms with Crippen LogP contribution in [0.2, 0.25) is 0 Å². The molecule has 0 rings (SSSR count). The number of hydrogen-bond donors (Lipinski definition) is 1. The zero-order chi connectivity index (χ0) is 17.4. The summed E-state index contributed by atoms with van der Waals surface area (Å²) >= 11 is 0. The van der Waals surface area contributed by atoms with Crippen LogP contribution in [0, 0.1) is 5.41 Å². The molecule has 0 aliphatic carbocycles. The molecule has 0 aromatic carbocycles. The molecule has 1 unspecified atom stereocenters. The van der Waals surface area contributed by atoms with Crippen LogP contribution in [-0.4, -0.2) is 6.04 Å². The highest BCUT2D eigenvalue weighted by Gasteiger charge is 2.24. The van der Waals surface area contributed by atoms with Gasteiger partial charge in [0, 0.05) is 6.04 Å². The van der Waals surface area contributed by atoms with Crippen LogP contribution in [0.5, 0.6) is 0 Å². The maximum atomic E-state index is 6.38. The summed E-state index contributed by atoms with van der Waals surface area (Å²) in [7, 11) is 0. The molecule has 24 heavy (non-hydrogen) atoms. The van der Waals surface area contributed by atoms with Crippen LogP contribution in [0.25, 0.3) is 0 Å². The second-order valence-electron chi connectivity index (χ2n) is 8.38. The molecule has 0 heterocycles. The van der Waals surface area contributed by atoms with Crippen molar-refractivity contribution in [2.75, 3.05) is 0 Å². The highest BCUT2D eigenvalue weighted by Crippen LogP contribution is 2.28. The predicted molar refractivity (Wildman–Crippen MR) is 117 cm³/mol. The summed E-state index contributed by atoms with van der Waals surface area (Å²) in [5, 5.41) is 0. The fraction of sp³-hybridized carbons (Fsp3) is 1.00.